The Morgan fingerprint density at radius 1 is 1.00 bits per heavy atom. The Hall–Kier alpha value is -4.15. The quantitative estimate of drug-likeness (QED) is 0.353. The van der Waals surface area contributed by atoms with Gasteiger partial charge in [-0.25, -0.2) is 0 Å². The van der Waals surface area contributed by atoms with Crippen LogP contribution in [0.15, 0.2) is 46.9 Å². The second kappa shape index (κ2) is 9.46. The number of nitrogens with zero attached hydrogens (tertiary/aromatic N) is 2. The van der Waals surface area contributed by atoms with Crippen molar-refractivity contribution in [3.05, 3.63) is 69.2 Å². The summed E-state index contributed by atoms with van der Waals surface area (Å²) in [6, 6.07) is 6.61. The zero-order valence-corrected chi connectivity index (χ0v) is 23.9. The van der Waals surface area contributed by atoms with Gasteiger partial charge in [0.2, 0.25) is 5.78 Å². The van der Waals surface area contributed by atoms with Gasteiger partial charge in [-0.15, -0.1) is 0 Å². The standard InChI is InChI=1S/C31H35N3O7/c1-13-7-14(2)9-15(8-13)17-12-20(33(3)4)18-10-16-11-19-24(34(5)6)27(37)23(30(32)40)29(39)31(19,41)28(38)21(16)26(36)22(18)25(17)35/h7-9,12,16,19,24,35,37-38,41H,10-11H2,1-6H3,(H2,32,40)/t16-,19-,24+,31-/m1/s1. The summed E-state index contributed by atoms with van der Waals surface area (Å²) in [6.45, 7) is 3.87. The van der Waals surface area contributed by atoms with Crippen molar-refractivity contribution in [2.75, 3.05) is 33.1 Å². The fourth-order valence-corrected chi connectivity index (χ4v) is 7.05. The monoisotopic (exact) mass is 561 g/mol. The van der Waals surface area contributed by atoms with Gasteiger partial charge in [0.05, 0.1) is 11.6 Å². The van der Waals surface area contributed by atoms with Crippen LogP contribution in [0.5, 0.6) is 5.75 Å². The van der Waals surface area contributed by atoms with E-state index in [1.165, 1.54) is 4.90 Å². The lowest BCUT2D eigenvalue weighted by molar-refractivity contribution is -0.148. The van der Waals surface area contributed by atoms with Gasteiger partial charge in [-0.2, -0.15) is 0 Å². The largest absolute Gasteiger partial charge is 0.510 e. The lowest BCUT2D eigenvalue weighted by Crippen LogP contribution is -2.63. The van der Waals surface area contributed by atoms with E-state index in [1.807, 2.05) is 57.1 Å². The number of nitrogens with two attached hydrogens (primary N) is 1. The van der Waals surface area contributed by atoms with E-state index in [4.69, 9.17) is 5.73 Å². The second-order valence-electron chi connectivity index (χ2n) is 11.9. The normalized spacial score (nSPS) is 25.7. The number of allylic oxidation sites excluding steroid dienone is 1. The number of amides is 1. The molecule has 216 valence electrons. The van der Waals surface area contributed by atoms with E-state index in [0.29, 0.717) is 22.4 Å². The van der Waals surface area contributed by atoms with Crippen LogP contribution < -0.4 is 10.6 Å². The summed E-state index contributed by atoms with van der Waals surface area (Å²) in [5.74, 6) is -6.64. The minimum atomic E-state index is -2.67. The molecule has 4 atom stereocenters. The van der Waals surface area contributed by atoms with Gasteiger partial charge < -0.3 is 31.1 Å². The Labute approximate surface area is 238 Å². The number of ketones is 2. The summed E-state index contributed by atoms with van der Waals surface area (Å²) in [5.41, 5.74) is 6.12. The highest BCUT2D eigenvalue weighted by atomic mass is 16.3. The highest BCUT2D eigenvalue weighted by molar-refractivity contribution is 6.25. The van der Waals surface area contributed by atoms with E-state index in [2.05, 4.69) is 0 Å². The van der Waals surface area contributed by atoms with Crippen LogP contribution in [-0.4, -0.2) is 82.6 Å². The van der Waals surface area contributed by atoms with E-state index in [1.54, 1.807) is 14.1 Å². The van der Waals surface area contributed by atoms with Crippen LogP contribution in [0, 0.1) is 25.7 Å². The minimum absolute atomic E-state index is 0.00820. The fraction of sp³-hybridized carbons (Fsp3) is 0.387. The number of hydrogen-bond acceptors (Lipinski definition) is 9. The molecule has 5 rings (SSSR count). The summed E-state index contributed by atoms with van der Waals surface area (Å²) in [5, 5.41) is 45.9. The molecule has 10 heteroatoms. The second-order valence-corrected chi connectivity index (χ2v) is 11.9. The predicted octanol–water partition coefficient (Wildman–Crippen LogP) is 2.47. The molecule has 41 heavy (non-hydrogen) atoms. The Balaban J connectivity index is 1.77. The average Bonchev–Trinajstić information content (AvgIpc) is 2.85. The smallest absolute Gasteiger partial charge is 0.255 e. The summed E-state index contributed by atoms with van der Waals surface area (Å²) in [7, 11) is 6.87. The molecule has 0 aliphatic heterocycles. The number of aryl methyl sites for hydroxylation is 2. The van der Waals surface area contributed by atoms with E-state index >= 15 is 0 Å². The molecule has 0 unspecified atom stereocenters. The molecule has 0 fully saturated rings. The van der Waals surface area contributed by atoms with Gasteiger partial charge in [-0.3, -0.25) is 19.3 Å². The number of carbonyl (C=O) groups is 3. The van der Waals surface area contributed by atoms with Crippen molar-refractivity contribution >= 4 is 23.2 Å². The Kier molecular flexibility index (Phi) is 6.55. The van der Waals surface area contributed by atoms with E-state index in [0.717, 1.165) is 11.1 Å². The van der Waals surface area contributed by atoms with Crippen molar-refractivity contribution in [1.82, 2.24) is 4.90 Å². The Bertz CT molecular complexity index is 1580. The van der Waals surface area contributed by atoms with Gasteiger partial charge in [0.1, 0.15) is 22.8 Å². The van der Waals surface area contributed by atoms with Gasteiger partial charge in [0.15, 0.2) is 11.4 Å². The number of aliphatic hydroxyl groups is 3. The third kappa shape index (κ3) is 3.96. The molecule has 2 aromatic rings. The Morgan fingerprint density at radius 3 is 2.15 bits per heavy atom. The number of likely N-dealkylation sites (N-methyl/N-ethyl adjacent to an activating group) is 1. The number of primary amides is 1. The molecule has 10 nitrogen and oxygen atoms in total. The summed E-state index contributed by atoms with van der Waals surface area (Å²) in [6.07, 6.45) is 0.265. The van der Waals surface area contributed by atoms with Crippen LogP contribution in [-0.2, 0) is 16.0 Å². The molecule has 3 aliphatic carbocycles. The van der Waals surface area contributed by atoms with Gasteiger partial charge in [0.25, 0.3) is 5.91 Å². The van der Waals surface area contributed by atoms with Crippen LogP contribution in [0.2, 0.25) is 0 Å². The molecule has 0 radical (unpaired) electrons. The highest BCUT2D eigenvalue weighted by Gasteiger charge is 2.63. The number of aromatic hydroxyl groups is 1. The molecule has 0 spiro atoms. The molecule has 0 aromatic heterocycles. The number of benzene rings is 2. The molecule has 3 aliphatic rings. The number of rotatable bonds is 4. The van der Waals surface area contributed by atoms with Crippen molar-refractivity contribution < 1.29 is 34.8 Å². The van der Waals surface area contributed by atoms with Crippen molar-refractivity contribution in [2.24, 2.45) is 17.6 Å². The third-order valence-corrected chi connectivity index (χ3v) is 8.71. The zero-order valence-electron chi connectivity index (χ0n) is 23.9. The van der Waals surface area contributed by atoms with Crippen molar-refractivity contribution in [1.29, 1.82) is 0 Å². The minimum Gasteiger partial charge on any atom is -0.510 e. The molecule has 2 aromatic carbocycles. The lowest BCUT2D eigenvalue weighted by atomic mass is 9.58. The predicted molar refractivity (Wildman–Crippen MR) is 153 cm³/mol. The maximum Gasteiger partial charge on any atom is 0.255 e. The first-order valence-corrected chi connectivity index (χ1v) is 13.4. The van der Waals surface area contributed by atoms with Gasteiger partial charge in [0, 0.05) is 36.8 Å². The molecule has 0 saturated carbocycles. The fourth-order valence-electron chi connectivity index (χ4n) is 7.05. The number of phenolic OH excluding ortho intramolecular Hbond substituents is 1. The average molecular weight is 562 g/mol. The molecule has 6 N–H and O–H groups in total. The highest BCUT2D eigenvalue weighted by Crippen LogP contribution is 2.54. The number of fused-ring (bicyclic) bond motifs is 3. The molecule has 1 amide bonds. The van der Waals surface area contributed by atoms with Gasteiger partial charge >= 0.3 is 0 Å². The van der Waals surface area contributed by atoms with E-state index in [9.17, 15) is 34.8 Å². The first-order chi connectivity index (χ1) is 19.1. The van der Waals surface area contributed by atoms with Crippen LogP contribution >= 0.6 is 0 Å². The maximum atomic E-state index is 14.2. The summed E-state index contributed by atoms with van der Waals surface area (Å²) >= 11 is 0. The van der Waals surface area contributed by atoms with Crippen molar-refractivity contribution in [3.63, 3.8) is 0 Å². The van der Waals surface area contributed by atoms with Crippen LogP contribution in [0.25, 0.3) is 11.1 Å². The van der Waals surface area contributed by atoms with E-state index in [-0.39, 0.29) is 29.7 Å². The number of Topliss-reactive ketones (excluding diaryl/α,β-unsaturated/α-hetero) is 2. The Morgan fingerprint density at radius 2 is 1.61 bits per heavy atom. The van der Waals surface area contributed by atoms with E-state index < -0.39 is 58.0 Å². The molecule has 0 heterocycles. The number of carbonyl (C=O) groups excluding carboxylic acids is 3. The zero-order chi connectivity index (χ0) is 30.3. The van der Waals surface area contributed by atoms with Gasteiger partial charge in [-0.05, 0) is 63.9 Å². The van der Waals surface area contributed by atoms with Crippen LogP contribution in [0.4, 0.5) is 5.69 Å². The molecule has 0 saturated heterocycles. The SMILES string of the molecule is Cc1cc(C)cc(-c2cc(N(C)C)c3c(c2O)C(=O)C2=C(O)[C@@]4(O)C(=O)C(C(N)=O)=C(O)[C@@H](N(C)C)[C@H]4C[C@H]2C3)c1. The first-order valence-electron chi connectivity index (χ1n) is 13.4. The lowest BCUT2D eigenvalue weighted by Gasteiger charge is -2.50. The van der Waals surface area contributed by atoms with Crippen LogP contribution in [0.3, 0.4) is 0 Å². The molecular weight excluding hydrogens is 526 g/mol. The first kappa shape index (κ1) is 28.4. The van der Waals surface area contributed by atoms with Gasteiger partial charge in [-0.1, -0.05) is 29.3 Å². The molecule has 0 bridgehead atoms. The number of aliphatic hydroxyl groups excluding tert-OH is 2. The summed E-state index contributed by atoms with van der Waals surface area (Å²) in [4.78, 5) is 43.3. The number of hydrogen-bond donors (Lipinski definition) is 5. The topological polar surface area (TPSA) is 165 Å². The van der Waals surface area contributed by atoms with Crippen molar-refractivity contribution in [3.8, 4) is 16.9 Å². The molecular formula is C31H35N3O7. The van der Waals surface area contributed by atoms with Crippen LogP contribution in [0.1, 0.15) is 33.5 Å². The number of phenols is 1. The third-order valence-electron chi connectivity index (χ3n) is 8.71. The summed E-state index contributed by atoms with van der Waals surface area (Å²) < 4.78 is 0. The number of anilines is 1. The van der Waals surface area contributed by atoms with Crippen molar-refractivity contribution in [2.45, 2.75) is 38.3 Å². The maximum absolute atomic E-state index is 14.2.